The Kier molecular flexibility index (Phi) is 5.28. The second kappa shape index (κ2) is 8.09. The van der Waals surface area contributed by atoms with Gasteiger partial charge in [-0.1, -0.05) is 48.5 Å². The van der Waals surface area contributed by atoms with Crippen LogP contribution in [0.4, 0.5) is 4.79 Å². The number of carbonyl (C=O) groups is 2. The Balaban J connectivity index is 1.22. The van der Waals surface area contributed by atoms with Gasteiger partial charge in [0.1, 0.15) is 5.54 Å². The molecule has 31 heavy (non-hydrogen) atoms. The molecular weight excluding hydrogens is 388 g/mol. The first kappa shape index (κ1) is 20.2. The van der Waals surface area contributed by atoms with Crippen molar-refractivity contribution in [1.29, 1.82) is 0 Å². The average molecular weight is 419 g/mol. The van der Waals surface area contributed by atoms with E-state index in [4.69, 9.17) is 0 Å². The zero-order valence-corrected chi connectivity index (χ0v) is 18.1. The van der Waals surface area contributed by atoms with Crippen molar-refractivity contribution in [1.82, 2.24) is 20.0 Å². The largest absolute Gasteiger partial charge is 0.326 e. The molecule has 0 spiro atoms. The smallest absolute Gasteiger partial charge is 0.319 e. The van der Waals surface area contributed by atoms with E-state index in [-0.39, 0.29) is 11.9 Å². The van der Waals surface area contributed by atoms with E-state index in [2.05, 4.69) is 51.5 Å². The van der Waals surface area contributed by atoms with Crippen LogP contribution in [-0.2, 0) is 29.7 Å². The second-order valence-corrected chi connectivity index (χ2v) is 9.15. The fraction of sp³-hybridized carbons (Fsp3) is 0.440. The number of piperazine rings is 1. The van der Waals surface area contributed by atoms with Crippen molar-refractivity contribution >= 4 is 11.9 Å². The van der Waals surface area contributed by atoms with E-state index < -0.39 is 5.54 Å². The van der Waals surface area contributed by atoms with Gasteiger partial charge >= 0.3 is 6.03 Å². The Labute approximate surface area is 183 Å². The Morgan fingerprint density at radius 1 is 0.903 bits per heavy atom. The van der Waals surface area contributed by atoms with E-state index in [1.807, 2.05) is 19.1 Å². The van der Waals surface area contributed by atoms with Gasteiger partial charge in [-0.15, -0.1) is 0 Å². The maximum atomic E-state index is 13.3. The number of rotatable bonds is 5. The molecule has 6 heteroatoms. The van der Waals surface area contributed by atoms with Crippen LogP contribution in [-0.4, -0.2) is 59.5 Å². The molecule has 5 rings (SSSR count). The van der Waals surface area contributed by atoms with E-state index in [1.165, 1.54) is 21.6 Å². The Morgan fingerprint density at radius 2 is 1.61 bits per heavy atom. The minimum Gasteiger partial charge on any atom is -0.319 e. The molecule has 3 amide bonds. The third kappa shape index (κ3) is 3.86. The molecule has 1 atom stereocenters. The van der Waals surface area contributed by atoms with Crippen LogP contribution in [0.5, 0.6) is 0 Å². The molecule has 0 aromatic heterocycles. The number of benzene rings is 2. The molecule has 2 fully saturated rings. The molecule has 6 nitrogen and oxygen atoms in total. The highest BCUT2D eigenvalue weighted by Crippen LogP contribution is 2.32. The minimum absolute atomic E-state index is 0.151. The number of nitrogens with zero attached hydrogens (tertiary/aromatic N) is 3. The lowest BCUT2D eigenvalue weighted by molar-refractivity contribution is -0.132. The summed E-state index contributed by atoms with van der Waals surface area (Å²) in [6.07, 6.45) is 3.32. The maximum Gasteiger partial charge on any atom is 0.326 e. The molecule has 0 radical (unpaired) electrons. The monoisotopic (exact) mass is 418 g/mol. The molecular formula is C25H30N4O2. The van der Waals surface area contributed by atoms with Crippen molar-refractivity contribution in [3.8, 4) is 0 Å². The molecule has 1 aliphatic carbocycles. The van der Waals surface area contributed by atoms with Crippen LogP contribution in [0.1, 0.15) is 35.6 Å². The fourth-order valence-electron chi connectivity index (χ4n) is 5.03. The molecule has 162 valence electrons. The van der Waals surface area contributed by atoms with Crippen molar-refractivity contribution in [2.45, 2.75) is 38.3 Å². The first-order valence-corrected chi connectivity index (χ1v) is 11.3. The van der Waals surface area contributed by atoms with Gasteiger partial charge in [0.2, 0.25) is 0 Å². The first-order valence-electron chi connectivity index (χ1n) is 11.3. The molecule has 0 bridgehead atoms. The third-order valence-electron chi connectivity index (χ3n) is 7.01. The van der Waals surface area contributed by atoms with Crippen LogP contribution in [0.2, 0.25) is 0 Å². The predicted octanol–water partition coefficient (Wildman–Crippen LogP) is 2.72. The van der Waals surface area contributed by atoms with Gasteiger partial charge in [0, 0.05) is 32.7 Å². The third-order valence-corrected chi connectivity index (χ3v) is 7.01. The molecule has 0 saturated carbocycles. The van der Waals surface area contributed by atoms with Crippen LogP contribution in [0, 0.1) is 0 Å². The second-order valence-electron chi connectivity index (χ2n) is 9.15. The van der Waals surface area contributed by atoms with Gasteiger partial charge < -0.3 is 5.32 Å². The summed E-state index contributed by atoms with van der Waals surface area (Å²) in [5.41, 5.74) is 3.91. The number of hydrogen-bond acceptors (Lipinski definition) is 4. The van der Waals surface area contributed by atoms with Crippen molar-refractivity contribution in [3.63, 3.8) is 0 Å². The van der Waals surface area contributed by atoms with E-state index in [0.29, 0.717) is 6.67 Å². The van der Waals surface area contributed by atoms with Gasteiger partial charge in [0.25, 0.3) is 5.91 Å². The average Bonchev–Trinajstić information content (AvgIpc) is 3.34. The summed E-state index contributed by atoms with van der Waals surface area (Å²) in [4.78, 5) is 32.1. The summed E-state index contributed by atoms with van der Waals surface area (Å²) in [5, 5.41) is 2.97. The number of urea groups is 1. The van der Waals surface area contributed by atoms with Gasteiger partial charge in [-0.05, 0) is 48.4 Å². The van der Waals surface area contributed by atoms with Crippen LogP contribution in [0.15, 0.2) is 48.5 Å². The Morgan fingerprint density at radius 3 is 2.39 bits per heavy atom. The van der Waals surface area contributed by atoms with E-state index in [9.17, 15) is 9.59 Å². The van der Waals surface area contributed by atoms with E-state index in [0.717, 1.165) is 57.5 Å². The van der Waals surface area contributed by atoms with Crippen molar-refractivity contribution in [2.75, 3.05) is 32.8 Å². The van der Waals surface area contributed by atoms with E-state index >= 15 is 0 Å². The number of hydrogen-bond donors (Lipinski definition) is 1. The number of nitrogens with one attached hydrogen (secondary N) is 1. The number of imide groups is 1. The molecule has 2 aromatic rings. The van der Waals surface area contributed by atoms with Crippen LogP contribution in [0.25, 0.3) is 0 Å². The standard InChI is InChI=1S/C25H30N4O2/c1-25(22-11-10-20-8-5-9-21(20)16-22)23(30)29(24(31)26-25)18-28-14-12-27(13-15-28)17-19-6-3-2-4-7-19/h2-4,6-7,10-11,16H,5,8-9,12-15,17-18H2,1H3,(H,26,31)/t25-/m0/s1. The van der Waals surface area contributed by atoms with Gasteiger partial charge in [-0.2, -0.15) is 0 Å². The quantitative estimate of drug-likeness (QED) is 0.759. The zero-order valence-electron chi connectivity index (χ0n) is 18.1. The molecule has 2 aliphatic heterocycles. The van der Waals surface area contributed by atoms with E-state index in [1.54, 1.807) is 0 Å². The SMILES string of the molecule is C[C@@]1(c2ccc3c(c2)CCC3)NC(=O)N(CN2CCN(Cc3ccccc3)CC2)C1=O. The van der Waals surface area contributed by atoms with Crippen molar-refractivity contribution < 1.29 is 9.59 Å². The number of amides is 3. The van der Waals surface area contributed by atoms with Crippen LogP contribution < -0.4 is 5.32 Å². The molecule has 3 aliphatic rings. The summed E-state index contributed by atoms with van der Waals surface area (Å²) in [6.45, 7) is 6.68. The topological polar surface area (TPSA) is 55.9 Å². The highest BCUT2D eigenvalue weighted by atomic mass is 16.2. The summed E-state index contributed by atoms with van der Waals surface area (Å²) in [7, 11) is 0. The molecule has 2 heterocycles. The highest BCUT2D eigenvalue weighted by molar-refractivity contribution is 6.07. The minimum atomic E-state index is -0.982. The van der Waals surface area contributed by atoms with Crippen molar-refractivity contribution in [2.24, 2.45) is 0 Å². The maximum absolute atomic E-state index is 13.3. The molecule has 2 saturated heterocycles. The zero-order chi connectivity index (χ0) is 21.4. The number of fused-ring (bicyclic) bond motifs is 1. The lowest BCUT2D eigenvalue weighted by Crippen LogP contribution is -2.51. The predicted molar refractivity (Wildman–Crippen MR) is 119 cm³/mol. The fourth-order valence-corrected chi connectivity index (χ4v) is 5.03. The number of aryl methyl sites for hydroxylation is 2. The van der Waals surface area contributed by atoms with Crippen LogP contribution >= 0.6 is 0 Å². The van der Waals surface area contributed by atoms with Gasteiger partial charge in [-0.25, -0.2) is 9.69 Å². The Bertz CT molecular complexity index is 984. The van der Waals surface area contributed by atoms with Crippen LogP contribution in [0.3, 0.4) is 0 Å². The molecule has 1 N–H and O–H groups in total. The lowest BCUT2D eigenvalue weighted by atomic mass is 9.90. The summed E-state index contributed by atoms with van der Waals surface area (Å²) >= 11 is 0. The first-order chi connectivity index (χ1) is 15.0. The summed E-state index contributed by atoms with van der Waals surface area (Å²) < 4.78 is 0. The van der Waals surface area contributed by atoms with Gasteiger partial charge in [0.15, 0.2) is 0 Å². The van der Waals surface area contributed by atoms with Crippen molar-refractivity contribution in [3.05, 3.63) is 70.8 Å². The highest BCUT2D eigenvalue weighted by Gasteiger charge is 2.49. The Hall–Kier alpha value is -2.70. The lowest BCUT2D eigenvalue weighted by Gasteiger charge is -2.36. The van der Waals surface area contributed by atoms with Gasteiger partial charge in [0.05, 0.1) is 6.67 Å². The normalized spacial score (nSPS) is 24.5. The molecule has 2 aromatic carbocycles. The summed E-state index contributed by atoms with van der Waals surface area (Å²) in [6, 6.07) is 16.4. The molecule has 0 unspecified atom stereocenters. The van der Waals surface area contributed by atoms with Gasteiger partial charge in [-0.3, -0.25) is 14.6 Å². The number of carbonyl (C=O) groups excluding carboxylic acids is 2. The summed E-state index contributed by atoms with van der Waals surface area (Å²) in [5.74, 6) is -0.151.